The first-order valence-electron chi connectivity index (χ1n) is 8.75. The largest absolute Gasteiger partial charge is 0.453 e. The molecule has 2 atom stereocenters. The summed E-state index contributed by atoms with van der Waals surface area (Å²) in [5.74, 6) is -3.43. The summed E-state index contributed by atoms with van der Waals surface area (Å²) in [5, 5.41) is 0.669. The van der Waals surface area contributed by atoms with Crippen LogP contribution < -0.4 is 10.6 Å². The summed E-state index contributed by atoms with van der Waals surface area (Å²) in [6.07, 6.45) is -2.75. The second-order valence-corrected chi connectivity index (χ2v) is 6.28. The zero-order chi connectivity index (χ0) is 21.9. The maximum absolute atomic E-state index is 13.1. The fraction of sp³-hybridized carbons (Fsp3) is 0.368. The maximum Gasteiger partial charge on any atom is 0.303 e. The third kappa shape index (κ3) is 4.65. The predicted molar refractivity (Wildman–Crippen MR) is 101 cm³/mol. The van der Waals surface area contributed by atoms with Crippen LogP contribution in [0, 0.1) is 6.92 Å². The van der Waals surface area contributed by atoms with Crippen molar-refractivity contribution in [3.8, 4) is 0 Å². The van der Waals surface area contributed by atoms with Crippen molar-refractivity contribution in [2.75, 3.05) is 5.01 Å². The van der Waals surface area contributed by atoms with E-state index in [1.807, 2.05) is 0 Å². The smallest absolute Gasteiger partial charge is 0.303 e. The lowest BCUT2D eigenvalue weighted by molar-refractivity contribution is -0.156. The molecule has 0 unspecified atom stereocenters. The van der Waals surface area contributed by atoms with Gasteiger partial charge in [0.1, 0.15) is 5.82 Å². The molecule has 0 saturated heterocycles. The van der Waals surface area contributed by atoms with Crippen LogP contribution in [0.4, 0.5) is 0 Å². The standard InChI is InChI=1S/C19H21N3O7/c1-10(28-13(4)23)17(25)22(18(26)11(2)29-14(5)24)21-12(3)20-16-9-7-6-8-15(16)19(21)27/h6-11H,1-5H3/t10-,11+. The molecule has 1 aromatic heterocycles. The van der Waals surface area contributed by atoms with E-state index in [9.17, 15) is 24.0 Å². The summed E-state index contributed by atoms with van der Waals surface area (Å²) in [4.78, 5) is 65.7. The number of benzene rings is 1. The minimum atomic E-state index is -1.38. The van der Waals surface area contributed by atoms with Crippen molar-refractivity contribution >= 4 is 34.7 Å². The van der Waals surface area contributed by atoms with Crippen molar-refractivity contribution in [1.29, 1.82) is 0 Å². The van der Waals surface area contributed by atoms with Gasteiger partial charge in [0.15, 0.2) is 12.2 Å². The molecular weight excluding hydrogens is 382 g/mol. The van der Waals surface area contributed by atoms with Crippen LogP contribution in [-0.4, -0.2) is 45.6 Å². The van der Waals surface area contributed by atoms with E-state index in [4.69, 9.17) is 9.47 Å². The van der Waals surface area contributed by atoms with Crippen molar-refractivity contribution in [2.24, 2.45) is 0 Å². The summed E-state index contributed by atoms with van der Waals surface area (Å²) < 4.78 is 10.5. The number of nitrogens with zero attached hydrogens (tertiary/aromatic N) is 3. The number of hydrogen-bond donors (Lipinski definition) is 0. The average Bonchev–Trinajstić information content (AvgIpc) is 2.63. The summed E-state index contributed by atoms with van der Waals surface area (Å²) in [6.45, 7) is 6.16. The zero-order valence-corrected chi connectivity index (χ0v) is 16.7. The Hall–Kier alpha value is -3.56. The average molecular weight is 403 g/mol. The maximum atomic E-state index is 13.1. The van der Waals surface area contributed by atoms with Crippen molar-refractivity contribution in [1.82, 2.24) is 9.66 Å². The lowest BCUT2D eigenvalue weighted by Crippen LogP contribution is -2.58. The molecule has 2 aromatic rings. The van der Waals surface area contributed by atoms with E-state index in [-0.39, 0.29) is 11.2 Å². The highest BCUT2D eigenvalue weighted by Gasteiger charge is 2.35. The minimum absolute atomic E-state index is 0.0421. The van der Waals surface area contributed by atoms with Crippen molar-refractivity contribution < 1.29 is 28.7 Å². The normalized spacial score (nSPS) is 12.7. The molecule has 1 heterocycles. The van der Waals surface area contributed by atoms with E-state index < -0.39 is 41.5 Å². The molecule has 0 aliphatic rings. The molecule has 0 bridgehead atoms. The highest BCUT2D eigenvalue weighted by molar-refractivity contribution is 6.12. The third-order valence-electron chi connectivity index (χ3n) is 3.91. The number of esters is 2. The van der Waals surface area contributed by atoms with Gasteiger partial charge in [-0.05, 0) is 32.9 Å². The number of carbonyl (C=O) groups is 4. The van der Waals surface area contributed by atoms with Crippen molar-refractivity contribution in [3.05, 3.63) is 40.4 Å². The Kier molecular flexibility index (Phi) is 6.47. The fourth-order valence-electron chi connectivity index (χ4n) is 2.72. The van der Waals surface area contributed by atoms with Crippen LogP contribution >= 0.6 is 0 Å². The monoisotopic (exact) mass is 403 g/mol. The molecule has 10 nitrogen and oxygen atoms in total. The summed E-state index contributed by atoms with van der Waals surface area (Å²) in [7, 11) is 0. The number of hydrogen-bond acceptors (Lipinski definition) is 8. The molecule has 2 amide bonds. The van der Waals surface area contributed by atoms with Gasteiger partial charge >= 0.3 is 11.9 Å². The van der Waals surface area contributed by atoms with Gasteiger partial charge in [0.25, 0.3) is 17.4 Å². The molecule has 0 aliphatic carbocycles. The van der Waals surface area contributed by atoms with Crippen molar-refractivity contribution in [3.63, 3.8) is 0 Å². The van der Waals surface area contributed by atoms with E-state index in [0.717, 1.165) is 18.5 Å². The van der Waals surface area contributed by atoms with Crippen molar-refractivity contribution in [2.45, 2.75) is 46.8 Å². The Morgan fingerprint density at radius 1 is 0.966 bits per heavy atom. The fourth-order valence-corrected chi connectivity index (χ4v) is 2.72. The Balaban J connectivity index is 2.67. The molecular formula is C19H21N3O7. The number of ether oxygens (including phenoxy) is 2. The quantitative estimate of drug-likeness (QED) is 0.665. The van der Waals surface area contributed by atoms with Gasteiger partial charge < -0.3 is 9.47 Å². The Morgan fingerprint density at radius 2 is 1.45 bits per heavy atom. The van der Waals surface area contributed by atoms with E-state index in [1.165, 1.54) is 26.8 Å². The van der Waals surface area contributed by atoms with Gasteiger partial charge in [-0.2, -0.15) is 9.69 Å². The number of amides is 2. The third-order valence-corrected chi connectivity index (χ3v) is 3.91. The first-order valence-corrected chi connectivity index (χ1v) is 8.75. The van der Waals surface area contributed by atoms with Crippen LogP contribution in [-0.2, 0) is 28.7 Å². The van der Waals surface area contributed by atoms with Gasteiger partial charge in [-0.25, -0.2) is 4.98 Å². The topological polar surface area (TPSA) is 125 Å². The molecule has 0 N–H and O–H groups in total. The predicted octanol–water partition coefficient (Wildman–Crippen LogP) is 0.599. The SMILES string of the molecule is CC(=O)O[C@@H](C)C(=O)N(C(=O)[C@@H](C)OC(C)=O)n1c(C)nc2ccccc2c1=O. The molecule has 0 radical (unpaired) electrons. The molecule has 0 spiro atoms. The van der Waals surface area contributed by atoms with Crippen LogP contribution in [0.25, 0.3) is 10.9 Å². The number of rotatable bonds is 5. The first-order chi connectivity index (χ1) is 13.5. The Morgan fingerprint density at radius 3 is 1.93 bits per heavy atom. The zero-order valence-electron chi connectivity index (χ0n) is 16.7. The second-order valence-electron chi connectivity index (χ2n) is 6.28. The Bertz CT molecular complexity index is 1010. The van der Waals surface area contributed by atoms with Crippen LogP contribution in [0.2, 0.25) is 0 Å². The van der Waals surface area contributed by atoms with E-state index in [0.29, 0.717) is 10.5 Å². The number of aryl methyl sites for hydroxylation is 1. The lowest BCUT2D eigenvalue weighted by Gasteiger charge is -2.28. The van der Waals surface area contributed by atoms with Crippen LogP contribution in [0.5, 0.6) is 0 Å². The molecule has 0 fully saturated rings. The van der Waals surface area contributed by atoms with E-state index >= 15 is 0 Å². The summed E-state index contributed by atoms with van der Waals surface area (Å²) in [6, 6.07) is 6.42. The highest BCUT2D eigenvalue weighted by atomic mass is 16.6. The molecule has 2 rings (SSSR count). The van der Waals surface area contributed by atoms with E-state index in [2.05, 4.69) is 4.98 Å². The van der Waals surface area contributed by atoms with E-state index in [1.54, 1.807) is 18.2 Å². The van der Waals surface area contributed by atoms with Gasteiger partial charge in [-0.3, -0.25) is 24.0 Å². The van der Waals surface area contributed by atoms with Gasteiger partial charge in [-0.1, -0.05) is 12.1 Å². The highest BCUT2D eigenvalue weighted by Crippen LogP contribution is 2.11. The van der Waals surface area contributed by atoms with Gasteiger partial charge in [0.2, 0.25) is 0 Å². The number of para-hydroxylation sites is 1. The van der Waals surface area contributed by atoms with Gasteiger partial charge in [0, 0.05) is 13.8 Å². The summed E-state index contributed by atoms with van der Waals surface area (Å²) >= 11 is 0. The van der Waals surface area contributed by atoms with Crippen LogP contribution in [0.1, 0.15) is 33.5 Å². The molecule has 154 valence electrons. The Labute approximate surface area is 166 Å². The number of carbonyl (C=O) groups excluding carboxylic acids is 4. The van der Waals surface area contributed by atoms with Gasteiger partial charge in [0.05, 0.1) is 10.9 Å². The molecule has 29 heavy (non-hydrogen) atoms. The molecule has 10 heteroatoms. The molecule has 0 aliphatic heterocycles. The molecule has 1 aromatic carbocycles. The van der Waals surface area contributed by atoms with Crippen LogP contribution in [0.3, 0.4) is 0 Å². The second kappa shape index (κ2) is 8.63. The summed E-state index contributed by atoms with van der Waals surface area (Å²) in [5.41, 5.74) is -0.299. The lowest BCUT2D eigenvalue weighted by atomic mass is 10.2. The number of imide groups is 1. The van der Waals surface area contributed by atoms with Crippen LogP contribution in [0.15, 0.2) is 29.1 Å². The van der Waals surface area contributed by atoms with Gasteiger partial charge in [-0.15, -0.1) is 0 Å². The minimum Gasteiger partial charge on any atom is -0.453 e. The first kappa shape index (κ1) is 21.7. The number of fused-ring (bicyclic) bond motifs is 1. The number of aromatic nitrogens is 2. The molecule has 0 saturated carbocycles.